The Kier molecular flexibility index (Phi) is 6.79. The van der Waals surface area contributed by atoms with Crippen molar-refractivity contribution >= 4 is 5.91 Å². The molecule has 0 aliphatic heterocycles. The molecule has 11 heavy (non-hydrogen) atoms. The minimum atomic E-state index is 0.161. The second-order valence-electron chi connectivity index (χ2n) is 2.53. The van der Waals surface area contributed by atoms with Gasteiger partial charge in [0.15, 0.2) is 0 Å². The van der Waals surface area contributed by atoms with Gasteiger partial charge in [-0.05, 0) is 12.8 Å². The Morgan fingerprint density at radius 2 is 2.36 bits per heavy atom. The smallest absolute Gasteiger partial charge is 0.220 e. The van der Waals surface area contributed by atoms with Crippen LogP contribution in [0.2, 0.25) is 0 Å². The fraction of sp³-hybridized carbons (Fsp3) is 0.667. The van der Waals surface area contributed by atoms with E-state index in [1.165, 1.54) is 0 Å². The predicted molar refractivity (Wildman–Crippen MR) is 47.3 cm³/mol. The average Bonchev–Trinajstić information content (AvgIpc) is 2.01. The summed E-state index contributed by atoms with van der Waals surface area (Å²) in [6, 6.07) is 0. The molecule has 0 saturated carbocycles. The summed E-state index contributed by atoms with van der Waals surface area (Å²) < 4.78 is 0. The van der Waals surface area contributed by atoms with Gasteiger partial charge in [0, 0.05) is 13.0 Å². The van der Waals surface area contributed by atoms with Gasteiger partial charge in [0.2, 0.25) is 5.91 Å². The van der Waals surface area contributed by atoms with Gasteiger partial charge in [0.05, 0.1) is 0 Å². The molecule has 0 saturated heterocycles. The van der Waals surface area contributed by atoms with E-state index < -0.39 is 0 Å². The highest BCUT2D eigenvalue weighted by Gasteiger charge is 1.96. The van der Waals surface area contributed by atoms with Crippen molar-refractivity contribution in [2.45, 2.75) is 32.6 Å². The zero-order chi connectivity index (χ0) is 8.53. The number of hydrogen-bond acceptors (Lipinski definition) is 1. The van der Waals surface area contributed by atoms with Crippen LogP contribution in [0.25, 0.3) is 0 Å². The van der Waals surface area contributed by atoms with Gasteiger partial charge in [-0.25, -0.2) is 0 Å². The topological polar surface area (TPSA) is 29.1 Å². The van der Waals surface area contributed by atoms with Crippen LogP contribution in [0.1, 0.15) is 32.6 Å². The first-order valence-electron chi connectivity index (χ1n) is 4.18. The van der Waals surface area contributed by atoms with Crippen LogP contribution in [0.4, 0.5) is 0 Å². The fourth-order valence-electron chi connectivity index (χ4n) is 0.739. The highest BCUT2D eigenvalue weighted by atomic mass is 16.1. The van der Waals surface area contributed by atoms with Crippen molar-refractivity contribution in [1.82, 2.24) is 5.32 Å². The number of carbonyl (C=O) groups is 1. The Labute approximate surface area is 68.7 Å². The zero-order valence-corrected chi connectivity index (χ0v) is 7.23. The monoisotopic (exact) mass is 155 g/mol. The quantitative estimate of drug-likeness (QED) is 0.460. The van der Waals surface area contributed by atoms with Crippen LogP contribution in [-0.2, 0) is 4.79 Å². The summed E-state index contributed by atoms with van der Waals surface area (Å²) in [5.41, 5.74) is 0. The molecular formula is C9H17NO. The number of amides is 1. The molecule has 0 radical (unpaired) electrons. The van der Waals surface area contributed by atoms with Gasteiger partial charge < -0.3 is 5.32 Å². The second-order valence-corrected chi connectivity index (χ2v) is 2.53. The van der Waals surface area contributed by atoms with Gasteiger partial charge in [-0.1, -0.05) is 19.4 Å². The van der Waals surface area contributed by atoms with Crippen LogP contribution >= 0.6 is 0 Å². The van der Waals surface area contributed by atoms with Crippen molar-refractivity contribution in [3.05, 3.63) is 12.7 Å². The van der Waals surface area contributed by atoms with Crippen molar-refractivity contribution in [3.8, 4) is 0 Å². The molecule has 0 bridgehead atoms. The summed E-state index contributed by atoms with van der Waals surface area (Å²) in [7, 11) is 0. The van der Waals surface area contributed by atoms with E-state index in [-0.39, 0.29) is 5.91 Å². The number of rotatable bonds is 6. The molecule has 0 unspecified atom stereocenters. The van der Waals surface area contributed by atoms with Crippen molar-refractivity contribution in [2.24, 2.45) is 0 Å². The van der Waals surface area contributed by atoms with Gasteiger partial charge in [0.1, 0.15) is 0 Å². The molecule has 0 aromatic carbocycles. The number of hydrogen-bond donors (Lipinski definition) is 1. The molecule has 0 rings (SSSR count). The third-order valence-electron chi connectivity index (χ3n) is 1.43. The van der Waals surface area contributed by atoms with Crippen LogP contribution in [-0.4, -0.2) is 12.5 Å². The molecule has 0 heterocycles. The van der Waals surface area contributed by atoms with Gasteiger partial charge in [-0.3, -0.25) is 4.79 Å². The van der Waals surface area contributed by atoms with Crippen LogP contribution in [0.3, 0.4) is 0 Å². The van der Waals surface area contributed by atoms with E-state index in [0.717, 1.165) is 25.8 Å². The van der Waals surface area contributed by atoms with E-state index in [1.54, 1.807) is 6.08 Å². The lowest BCUT2D eigenvalue weighted by Gasteiger charge is -2.01. The summed E-state index contributed by atoms with van der Waals surface area (Å²) in [5.74, 6) is 0.161. The van der Waals surface area contributed by atoms with Crippen molar-refractivity contribution in [2.75, 3.05) is 6.54 Å². The Hall–Kier alpha value is -0.790. The molecule has 0 spiro atoms. The summed E-state index contributed by atoms with van der Waals surface area (Å²) in [6.07, 6.45) is 5.39. The Morgan fingerprint density at radius 1 is 1.64 bits per heavy atom. The molecule has 2 heteroatoms. The molecule has 0 atom stereocenters. The first-order chi connectivity index (χ1) is 5.31. The third kappa shape index (κ3) is 7.10. The van der Waals surface area contributed by atoms with Crippen LogP contribution in [0.15, 0.2) is 12.7 Å². The van der Waals surface area contributed by atoms with Crippen LogP contribution in [0, 0.1) is 0 Å². The number of nitrogens with one attached hydrogen (secondary N) is 1. The van der Waals surface area contributed by atoms with Crippen LogP contribution < -0.4 is 5.32 Å². The van der Waals surface area contributed by atoms with Crippen molar-refractivity contribution in [1.29, 1.82) is 0 Å². The molecule has 1 amide bonds. The first-order valence-corrected chi connectivity index (χ1v) is 4.18. The molecule has 0 aliphatic rings. The number of unbranched alkanes of at least 4 members (excludes halogenated alkanes) is 1. The standard InChI is InChI=1S/C9H17NO/c1-3-5-7-9(11)10-8-6-4-2/h4H,2-3,5-8H2,1H3,(H,10,11). The maximum atomic E-state index is 10.9. The zero-order valence-electron chi connectivity index (χ0n) is 7.23. The first kappa shape index (κ1) is 10.2. The van der Waals surface area contributed by atoms with E-state index in [2.05, 4.69) is 18.8 Å². The van der Waals surface area contributed by atoms with E-state index >= 15 is 0 Å². The SMILES string of the molecule is C=CCCNC(=O)CCCC. The fourth-order valence-corrected chi connectivity index (χ4v) is 0.739. The van der Waals surface area contributed by atoms with E-state index in [9.17, 15) is 4.79 Å². The largest absolute Gasteiger partial charge is 0.356 e. The summed E-state index contributed by atoms with van der Waals surface area (Å²) in [6.45, 7) is 6.38. The Balaban J connectivity index is 3.15. The molecule has 64 valence electrons. The summed E-state index contributed by atoms with van der Waals surface area (Å²) in [4.78, 5) is 10.9. The lowest BCUT2D eigenvalue weighted by Crippen LogP contribution is -2.23. The van der Waals surface area contributed by atoms with Gasteiger partial charge in [-0.15, -0.1) is 6.58 Å². The maximum absolute atomic E-state index is 10.9. The lowest BCUT2D eigenvalue weighted by atomic mass is 10.2. The normalized spacial score (nSPS) is 9.18. The molecule has 1 N–H and O–H groups in total. The van der Waals surface area contributed by atoms with Crippen LogP contribution in [0.5, 0.6) is 0 Å². The molecule has 0 fully saturated rings. The van der Waals surface area contributed by atoms with Gasteiger partial charge in [0.25, 0.3) is 0 Å². The van der Waals surface area contributed by atoms with Crippen molar-refractivity contribution in [3.63, 3.8) is 0 Å². The summed E-state index contributed by atoms with van der Waals surface area (Å²) >= 11 is 0. The maximum Gasteiger partial charge on any atom is 0.220 e. The van der Waals surface area contributed by atoms with Crippen molar-refractivity contribution < 1.29 is 4.79 Å². The average molecular weight is 155 g/mol. The van der Waals surface area contributed by atoms with E-state index in [0.29, 0.717) is 6.42 Å². The molecule has 2 nitrogen and oxygen atoms in total. The lowest BCUT2D eigenvalue weighted by molar-refractivity contribution is -0.121. The second kappa shape index (κ2) is 7.32. The molecule has 0 aliphatic carbocycles. The highest BCUT2D eigenvalue weighted by molar-refractivity contribution is 5.75. The Morgan fingerprint density at radius 3 is 2.91 bits per heavy atom. The number of carbonyl (C=O) groups excluding carboxylic acids is 1. The molecule has 0 aromatic rings. The van der Waals surface area contributed by atoms with Gasteiger partial charge >= 0.3 is 0 Å². The molecular weight excluding hydrogens is 138 g/mol. The van der Waals surface area contributed by atoms with Gasteiger partial charge in [-0.2, -0.15) is 0 Å². The minimum absolute atomic E-state index is 0.161. The molecule has 0 aromatic heterocycles. The third-order valence-corrected chi connectivity index (χ3v) is 1.43. The minimum Gasteiger partial charge on any atom is -0.356 e. The van der Waals surface area contributed by atoms with E-state index in [4.69, 9.17) is 0 Å². The van der Waals surface area contributed by atoms with E-state index in [1.807, 2.05) is 0 Å². The highest BCUT2D eigenvalue weighted by Crippen LogP contribution is 1.92. The Bertz CT molecular complexity index is 121. The predicted octanol–water partition coefficient (Wildman–Crippen LogP) is 1.87. The summed E-state index contributed by atoms with van der Waals surface area (Å²) in [5, 5.41) is 2.81.